The molecular weight excluding hydrogens is 671 g/mol. The number of amides is 1. The Bertz CT molecular complexity index is 991. The van der Waals surface area contributed by atoms with Gasteiger partial charge in [-0.1, -0.05) is 159 Å². The second-order valence-corrected chi connectivity index (χ2v) is 16.8. The van der Waals surface area contributed by atoms with E-state index >= 15 is 0 Å². The number of likely N-dealkylation sites (N-methyl/N-ethyl adjacent to an activating group) is 1. The van der Waals surface area contributed by atoms with Gasteiger partial charge >= 0.3 is 7.82 Å². The predicted molar refractivity (Wildman–Crippen MR) is 221 cm³/mol. The van der Waals surface area contributed by atoms with Crippen LogP contribution in [0.2, 0.25) is 0 Å². The predicted octanol–water partition coefficient (Wildman–Crippen LogP) is 11.3. The topological polar surface area (TPSA) is 105 Å². The average Bonchev–Trinajstić information content (AvgIpc) is 3.09. The standard InChI is InChI=1S/C43H81N2O6P/c1-6-8-10-12-14-16-18-20-21-22-23-25-26-28-30-32-34-36-42(46)41(40-51-52(48,49)50-39-38-45(3,4)5)44-43(47)37-35-33-31-29-27-24-19-17-15-13-11-9-7-2/h24,26-28,31,33-34,36,41-42,46H,6-23,25,29-30,32,35,37-40H2,1-5H3,(H-,44,47,48,49)/p+1/b27-24-,28-26+,33-31-,36-34+. The van der Waals surface area contributed by atoms with Crippen molar-refractivity contribution in [3.8, 4) is 0 Å². The lowest BCUT2D eigenvalue weighted by atomic mass is 10.1. The summed E-state index contributed by atoms with van der Waals surface area (Å²) in [6.45, 7) is 4.72. The molecule has 0 aliphatic carbocycles. The fourth-order valence-corrected chi connectivity index (χ4v) is 6.37. The number of carbonyl (C=O) groups is 1. The summed E-state index contributed by atoms with van der Waals surface area (Å²) in [4.78, 5) is 23.0. The van der Waals surface area contributed by atoms with Crippen LogP contribution in [0.5, 0.6) is 0 Å². The maximum absolute atomic E-state index is 12.8. The van der Waals surface area contributed by atoms with Crippen molar-refractivity contribution in [2.45, 2.75) is 180 Å². The van der Waals surface area contributed by atoms with Crippen molar-refractivity contribution in [3.63, 3.8) is 0 Å². The van der Waals surface area contributed by atoms with E-state index in [9.17, 15) is 19.4 Å². The summed E-state index contributed by atoms with van der Waals surface area (Å²) in [5.74, 6) is -0.256. The molecule has 8 nitrogen and oxygen atoms in total. The van der Waals surface area contributed by atoms with Crippen LogP contribution >= 0.6 is 7.82 Å². The van der Waals surface area contributed by atoms with E-state index in [1.54, 1.807) is 6.08 Å². The van der Waals surface area contributed by atoms with E-state index in [0.29, 0.717) is 17.4 Å². The van der Waals surface area contributed by atoms with Crippen LogP contribution in [-0.4, -0.2) is 73.4 Å². The highest BCUT2D eigenvalue weighted by molar-refractivity contribution is 7.47. The minimum atomic E-state index is -4.36. The third kappa shape index (κ3) is 36.8. The van der Waals surface area contributed by atoms with Crippen molar-refractivity contribution in [2.75, 3.05) is 40.9 Å². The molecule has 3 N–H and O–H groups in total. The molecular formula is C43H82N2O6P+. The second-order valence-electron chi connectivity index (χ2n) is 15.4. The van der Waals surface area contributed by atoms with Crippen molar-refractivity contribution >= 4 is 13.7 Å². The summed E-state index contributed by atoms with van der Waals surface area (Å²) in [5, 5.41) is 13.7. The Kier molecular flexibility index (Phi) is 34.1. The molecule has 1 amide bonds. The number of quaternary nitrogens is 1. The van der Waals surface area contributed by atoms with Crippen LogP contribution in [-0.2, 0) is 18.4 Å². The summed E-state index contributed by atoms with van der Waals surface area (Å²) in [7, 11) is 1.52. The Labute approximate surface area is 320 Å². The molecule has 52 heavy (non-hydrogen) atoms. The van der Waals surface area contributed by atoms with Gasteiger partial charge in [-0.25, -0.2) is 4.57 Å². The van der Waals surface area contributed by atoms with E-state index in [2.05, 4.69) is 49.5 Å². The number of phosphoric acid groups is 1. The maximum atomic E-state index is 12.8. The summed E-state index contributed by atoms with van der Waals surface area (Å²) >= 11 is 0. The Morgan fingerprint density at radius 2 is 1.12 bits per heavy atom. The number of carbonyl (C=O) groups excluding carboxylic acids is 1. The van der Waals surface area contributed by atoms with Gasteiger partial charge in [0.15, 0.2) is 0 Å². The van der Waals surface area contributed by atoms with Gasteiger partial charge in [0.05, 0.1) is 39.9 Å². The highest BCUT2D eigenvalue weighted by Gasteiger charge is 2.27. The highest BCUT2D eigenvalue weighted by Crippen LogP contribution is 2.43. The smallest absolute Gasteiger partial charge is 0.387 e. The number of rotatable bonds is 37. The van der Waals surface area contributed by atoms with Gasteiger partial charge in [0, 0.05) is 6.42 Å². The number of allylic oxidation sites excluding steroid dienone is 7. The minimum Gasteiger partial charge on any atom is -0.387 e. The Morgan fingerprint density at radius 1 is 0.654 bits per heavy atom. The molecule has 3 unspecified atom stereocenters. The zero-order chi connectivity index (χ0) is 38.6. The largest absolute Gasteiger partial charge is 0.472 e. The average molecular weight is 754 g/mol. The Hall–Kier alpha value is -1.54. The molecule has 0 fully saturated rings. The summed E-state index contributed by atoms with van der Waals surface area (Å²) < 4.78 is 23.4. The quantitative estimate of drug-likeness (QED) is 0.0252. The van der Waals surface area contributed by atoms with Crippen LogP contribution in [0.4, 0.5) is 0 Å². The molecule has 0 radical (unpaired) electrons. The highest BCUT2D eigenvalue weighted by atomic mass is 31.2. The first-order valence-corrected chi connectivity index (χ1v) is 22.5. The van der Waals surface area contributed by atoms with Gasteiger partial charge in [0.1, 0.15) is 13.2 Å². The van der Waals surface area contributed by atoms with Gasteiger partial charge in [-0.15, -0.1) is 0 Å². The third-order valence-electron chi connectivity index (χ3n) is 9.03. The summed E-state index contributed by atoms with van der Waals surface area (Å²) in [6.07, 6.45) is 43.4. The first-order chi connectivity index (χ1) is 25.0. The lowest BCUT2D eigenvalue weighted by Gasteiger charge is -2.25. The lowest BCUT2D eigenvalue weighted by molar-refractivity contribution is -0.870. The minimum absolute atomic E-state index is 0.0457. The van der Waals surface area contributed by atoms with Crippen LogP contribution in [0.3, 0.4) is 0 Å². The molecule has 0 aromatic carbocycles. The zero-order valence-electron chi connectivity index (χ0n) is 34.3. The van der Waals surface area contributed by atoms with Gasteiger partial charge in [-0.05, 0) is 51.4 Å². The Balaban J connectivity index is 4.61. The van der Waals surface area contributed by atoms with E-state index in [-0.39, 0.29) is 25.5 Å². The maximum Gasteiger partial charge on any atom is 0.472 e. The van der Waals surface area contributed by atoms with E-state index < -0.39 is 20.0 Å². The number of nitrogens with one attached hydrogen (secondary N) is 1. The Morgan fingerprint density at radius 3 is 1.65 bits per heavy atom. The van der Waals surface area contributed by atoms with Crippen molar-refractivity contribution in [1.82, 2.24) is 5.32 Å². The fraction of sp³-hybridized carbons (Fsp3) is 0.791. The van der Waals surface area contributed by atoms with Gasteiger partial charge in [-0.3, -0.25) is 13.8 Å². The van der Waals surface area contributed by atoms with Crippen LogP contribution < -0.4 is 5.32 Å². The van der Waals surface area contributed by atoms with Crippen LogP contribution in [0.15, 0.2) is 48.6 Å². The molecule has 0 heterocycles. The molecule has 0 spiro atoms. The number of hydrogen-bond donors (Lipinski definition) is 3. The number of nitrogens with zero attached hydrogens (tertiary/aromatic N) is 1. The lowest BCUT2D eigenvalue weighted by Crippen LogP contribution is -2.45. The molecule has 0 rings (SSSR count). The van der Waals surface area contributed by atoms with Gasteiger partial charge < -0.3 is 19.8 Å². The molecule has 0 bridgehead atoms. The number of hydrogen-bond acceptors (Lipinski definition) is 5. The van der Waals surface area contributed by atoms with Gasteiger partial charge in [0.2, 0.25) is 5.91 Å². The molecule has 304 valence electrons. The van der Waals surface area contributed by atoms with Crippen molar-refractivity contribution in [1.29, 1.82) is 0 Å². The van der Waals surface area contributed by atoms with Crippen LogP contribution in [0, 0.1) is 0 Å². The molecule has 3 atom stereocenters. The second kappa shape index (κ2) is 35.2. The third-order valence-corrected chi connectivity index (χ3v) is 10.0. The summed E-state index contributed by atoms with van der Waals surface area (Å²) in [6, 6.07) is -0.892. The van der Waals surface area contributed by atoms with Gasteiger partial charge in [-0.2, -0.15) is 0 Å². The van der Waals surface area contributed by atoms with E-state index in [0.717, 1.165) is 32.1 Å². The van der Waals surface area contributed by atoms with E-state index in [1.165, 1.54) is 109 Å². The first kappa shape index (κ1) is 50.5. The zero-order valence-corrected chi connectivity index (χ0v) is 35.2. The molecule has 0 saturated heterocycles. The molecule has 0 aliphatic rings. The van der Waals surface area contributed by atoms with Crippen LogP contribution in [0.25, 0.3) is 0 Å². The molecule has 9 heteroatoms. The van der Waals surface area contributed by atoms with E-state index in [1.807, 2.05) is 33.3 Å². The molecule has 0 aromatic heterocycles. The van der Waals surface area contributed by atoms with Crippen molar-refractivity contribution in [2.24, 2.45) is 0 Å². The monoisotopic (exact) mass is 754 g/mol. The van der Waals surface area contributed by atoms with Gasteiger partial charge in [0.25, 0.3) is 0 Å². The molecule has 0 aliphatic heterocycles. The first-order valence-electron chi connectivity index (χ1n) is 21.0. The number of aliphatic hydroxyl groups is 1. The normalized spacial score (nSPS) is 15.0. The SMILES string of the molecule is CCCCCCCC/C=C\C/C=C\CCC(=O)NC(COP(=O)(O)OCC[N+](C)(C)C)C(O)/C=C/CC/C=C/CCCCCCCCCCCCC. The van der Waals surface area contributed by atoms with Crippen molar-refractivity contribution < 1.29 is 32.9 Å². The number of unbranched alkanes of at least 4 members (excludes halogenated alkanes) is 18. The van der Waals surface area contributed by atoms with E-state index in [4.69, 9.17) is 9.05 Å². The van der Waals surface area contributed by atoms with Crippen LogP contribution in [0.1, 0.15) is 168 Å². The van der Waals surface area contributed by atoms with Crippen molar-refractivity contribution in [3.05, 3.63) is 48.6 Å². The fourth-order valence-electron chi connectivity index (χ4n) is 5.63. The number of aliphatic hydroxyl groups excluding tert-OH is 1. The molecule has 0 aromatic rings. The number of phosphoric ester groups is 1. The summed E-state index contributed by atoms with van der Waals surface area (Å²) in [5.41, 5.74) is 0. The molecule has 0 saturated carbocycles.